The molecule has 0 atom stereocenters. The Morgan fingerprint density at radius 1 is 1.03 bits per heavy atom. The third kappa shape index (κ3) is 4.34. The zero-order valence-electron chi connectivity index (χ0n) is 21.1. The number of hydrogen-bond donors (Lipinski definition) is 1. The van der Waals surface area contributed by atoms with Crippen LogP contribution >= 0.6 is 0 Å². The molecule has 4 rings (SSSR count). The van der Waals surface area contributed by atoms with Crippen LogP contribution in [0.4, 0.5) is 0 Å². The van der Waals surface area contributed by atoms with Crippen molar-refractivity contribution in [2.45, 2.75) is 39.7 Å². The smallest absolute Gasteiger partial charge is 0.200 e. The number of rotatable bonds is 6. The SMILES string of the molecule is COc1cc(OC)c(-c2oc3cc4c(c(O)c3c(=O)c2CC=C(C)C)C=CC(C)(C)O4)cc1OC. The highest BCUT2D eigenvalue weighted by atomic mass is 16.5. The Balaban J connectivity index is 2.09. The second kappa shape index (κ2) is 9.06. The lowest BCUT2D eigenvalue weighted by Crippen LogP contribution is -2.27. The van der Waals surface area contributed by atoms with E-state index in [1.54, 1.807) is 24.3 Å². The van der Waals surface area contributed by atoms with Gasteiger partial charge in [-0.25, -0.2) is 0 Å². The van der Waals surface area contributed by atoms with E-state index in [-0.39, 0.29) is 22.1 Å². The maximum atomic E-state index is 13.8. The van der Waals surface area contributed by atoms with Crippen LogP contribution in [0.2, 0.25) is 0 Å². The highest BCUT2D eigenvalue weighted by Crippen LogP contribution is 2.45. The van der Waals surface area contributed by atoms with Crippen LogP contribution in [0.3, 0.4) is 0 Å². The molecule has 184 valence electrons. The molecule has 0 fully saturated rings. The summed E-state index contributed by atoms with van der Waals surface area (Å²) in [5.74, 6) is 1.99. The second-order valence-corrected chi connectivity index (χ2v) is 9.18. The summed E-state index contributed by atoms with van der Waals surface area (Å²) in [7, 11) is 4.60. The average Bonchev–Trinajstić information content (AvgIpc) is 2.81. The summed E-state index contributed by atoms with van der Waals surface area (Å²) in [5.41, 5.74) is 1.74. The molecular formula is C28H30O7. The van der Waals surface area contributed by atoms with Crippen molar-refractivity contribution in [3.8, 4) is 40.1 Å². The molecule has 1 aliphatic rings. The van der Waals surface area contributed by atoms with Crippen molar-refractivity contribution in [1.82, 2.24) is 0 Å². The summed E-state index contributed by atoms with van der Waals surface area (Å²) in [4.78, 5) is 13.8. The monoisotopic (exact) mass is 478 g/mol. The van der Waals surface area contributed by atoms with Gasteiger partial charge in [0, 0.05) is 17.7 Å². The topological polar surface area (TPSA) is 87.4 Å². The molecule has 1 N–H and O–H groups in total. The molecule has 35 heavy (non-hydrogen) atoms. The molecule has 0 radical (unpaired) electrons. The number of phenols is 1. The molecular weight excluding hydrogens is 448 g/mol. The number of benzene rings is 2. The maximum Gasteiger partial charge on any atom is 0.200 e. The molecule has 0 saturated heterocycles. The minimum Gasteiger partial charge on any atom is -0.506 e. The molecule has 0 bridgehead atoms. The van der Waals surface area contributed by atoms with E-state index in [1.165, 1.54) is 21.3 Å². The molecule has 3 aromatic rings. The molecule has 7 nitrogen and oxygen atoms in total. The fourth-order valence-electron chi connectivity index (χ4n) is 4.13. The Morgan fingerprint density at radius 3 is 2.31 bits per heavy atom. The van der Waals surface area contributed by atoms with Crippen LogP contribution in [0.1, 0.15) is 38.8 Å². The lowest BCUT2D eigenvalue weighted by Gasteiger charge is -2.28. The van der Waals surface area contributed by atoms with Gasteiger partial charge in [-0.3, -0.25) is 4.79 Å². The van der Waals surface area contributed by atoms with Crippen LogP contribution < -0.4 is 24.4 Å². The minimum absolute atomic E-state index is 0.108. The van der Waals surface area contributed by atoms with Crippen LogP contribution in [-0.4, -0.2) is 32.0 Å². The van der Waals surface area contributed by atoms with Gasteiger partial charge in [-0.1, -0.05) is 11.6 Å². The van der Waals surface area contributed by atoms with E-state index in [4.69, 9.17) is 23.4 Å². The van der Waals surface area contributed by atoms with Gasteiger partial charge in [-0.2, -0.15) is 0 Å². The van der Waals surface area contributed by atoms with Crippen molar-refractivity contribution in [1.29, 1.82) is 0 Å². The van der Waals surface area contributed by atoms with Crippen LogP contribution in [0.5, 0.6) is 28.7 Å². The first-order chi connectivity index (χ1) is 16.6. The van der Waals surface area contributed by atoms with E-state index in [1.807, 2.05) is 39.8 Å². The Labute approximate surface area is 204 Å². The van der Waals surface area contributed by atoms with E-state index >= 15 is 0 Å². The van der Waals surface area contributed by atoms with E-state index in [2.05, 4.69) is 0 Å². The number of fused-ring (bicyclic) bond motifs is 2. The largest absolute Gasteiger partial charge is 0.506 e. The summed E-state index contributed by atoms with van der Waals surface area (Å²) in [5, 5.41) is 11.2. The molecule has 0 unspecified atom stereocenters. The molecule has 0 spiro atoms. The van der Waals surface area contributed by atoms with Crippen LogP contribution in [0.15, 0.2) is 45.1 Å². The predicted molar refractivity (Wildman–Crippen MR) is 136 cm³/mol. The van der Waals surface area contributed by atoms with Gasteiger partial charge in [0.15, 0.2) is 11.5 Å². The maximum absolute atomic E-state index is 13.8. The molecule has 2 aromatic carbocycles. The summed E-state index contributed by atoms with van der Waals surface area (Å²) in [6, 6.07) is 5.05. The summed E-state index contributed by atoms with van der Waals surface area (Å²) >= 11 is 0. The zero-order chi connectivity index (χ0) is 25.5. The van der Waals surface area contributed by atoms with Crippen molar-refractivity contribution < 1.29 is 28.5 Å². The van der Waals surface area contributed by atoms with Gasteiger partial charge < -0.3 is 28.5 Å². The van der Waals surface area contributed by atoms with E-state index in [0.29, 0.717) is 51.9 Å². The van der Waals surface area contributed by atoms with Gasteiger partial charge in [0.2, 0.25) is 5.43 Å². The molecule has 0 aliphatic carbocycles. The van der Waals surface area contributed by atoms with Crippen molar-refractivity contribution in [2.24, 2.45) is 0 Å². The standard InChI is InChI=1S/C28H30O7/c1-15(2)8-9-17-26(30)24-23(14-20-16(25(24)29)10-11-28(3,4)35-20)34-27(17)18-12-21(32-6)22(33-7)13-19(18)31-5/h8,10-14,29H,9H2,1-7H3. The Morgan fingerprint density at radius 2 is 1.69 bits per heavy atom. The highest BCUT2D eigenvalue weighted by molar-refractivity contribution is 5.93. The first-order valence-corrected chi connectivity index (χ1v) is 11.3. The van der Waals surface area contributed by atoms with Crippen molar-refractivity contribution in [3.05, 3.63) is 57.3 Å². The van der Waals surface area contributed by atoms with Gasteiger partial charge in [0.05, 0.1) is 32.5 Å². The first-order valence-electron chi connectivity index (χ1n) is 11.3. The van der Waals surface area contributed by atoms with Gasteiger partial charge in [0.1, 0.15) is 39.6 Å². The number of methoxy groups -OCH3 is 3. The van der Waals surface area contributed by atoms with Crippen molar-refractivity contribution >= 4 is 17.0 Å². The molecule has 0 saturated carbocycles. The van der Waals surface area contributed by atoms with Crippen LogP contribution in [0, 0.1) is 0 Å². The Kier molecular flexibility index (Phi) is 6.28. The Bertz CT molecular complexity index is 1420. The molecule has 0 amide bonds. The fourth-order valence-corrected chi connectivity index (χ4v) is 4.13. The van der Waals surface area contributed by atoms with Crippen molar-refractivity contribution in [2.75, 3.05) is 21.3 Å². The second-order valence-electron chi connectivity index (χ2n) is 9.18. The Hall–Kier alpha value is -3.87. The summed E-state index contributed by atoms with van der Waals surface area (Å²) in [6.07, 6.45) is 5.86. The number of allylic oxidation sites excluding steroid dienone is 2. The van der Waals surface area contributed by atoms with Gasteiger partial charge in [-0.05, 0) is 52.3 Å². The number of phenolic OH excluding ortho intramolecular Hbond substituents is 1. The van der Waals surface area contributed by atoms with E-state index in [0.717, 1.165) is 5.57 Å². The molecule has 1 aliphatic heterocycles. The zero-order valence-corrected chi connectivity index (χ0v) is 21.1. The predicted octanol–water partition coefficient (Wildman–Crippen LogP) is 5.88. The van der Waals surface area contributed by atoms with Gasteiger partial charge in [0.25, 0.3) is 0 Å². The lowest BCUT2D eigenvalue weighted by atomic mass is 9.96. The number of ether oxygens (including phenoxy) is 4. The van der Waals surface area contributed by atoms with Crippen molar-refractivity contribution in [3.63, 3.8) is 0 Å². The third-order valence-electron chi connectivity index (χ3n) is 5.94. The van der Waals surface area contributed by atoms with Gasteiger partial charge >= 0.3 is 0 Å². The number of aromatic hydroxyl groups is 1. The van der Waals surface area contributed by atoms with Crippen LogP contribution in [0.25, 0.3) is 28.4 Å². The normalized spacial score (nSPS) is 13.7. The summed E-state index contributed by atoms with van der Waals surface area (Å²) in [6.45, 7) is 7.73. The molecule has 7 heteroatoms. The molecule has 1 aromatic heterocycles. The summed E-state index contributed by atoms with van der Waals surface area (Å²) < 4.78 is 28.9. The highest BCUT2D eigenvalue weighted by Gasteiger charge is 2.28. The van der Waals surface area contributed by atoms with E-state index in [9.17, 15) is 9.90 Å². The average molecular weight is 479 g/mol. The van der Waals surface area contributed by atoms with Gasteiger partial charge in [-0.15, -0.1) is 0 Å². The lowest BCUT2D eigenvalue weighted by molar-refractivity contribution is 0.158. The van der Waals surface area contributed by atoms with E-state index < -0.39 is 5.60 Å². The number of hydrogen-bond acceptors (Lipinski definition) is 7. The quantitative estimate of drug-likeness (QED) is 0.442. The molecule has 2 heterocycles. The third-order valence-corrected chi connectivity index (χ3v) is 5.94. The fraction of sp³-hybridized carbons (Fsp3) is 0.321. The van der Waals surface area contributed by atoms with Crippen LogP contribution in [-0.2, 0) is 6.42 Å². The first kappa shape index (κ1) is 24.3. The minimum atomic E-state index is -0.563.